The topological polar surface area (TPSA) is 99.1 Å². The average molecular weight is 274 g/mol. The summed E-state index contributed by atoms with van der Waals surface area (Å²) in [4.78, 5) is 24.1. The van der Waals surface area contributed by atoms with Crippen molar-refractivity contribution in [2.45, 2.75) is 18.9 Å². The van der Waals surface area contributed by atoms with Gasteiger partial charge in [0.15, 0.2) is 0 Å². The first-order chi connectivity index (χ1) is 9.06. The molecule has 0 spiro atoms. The lowest BCUT2D eigenvalue weighted by Crippen LogP contribution is -2.48. The van der Waals surface area contributed by atoms with Gasteiger partial charge in [-0.3, -0.25) is 0 Å². The maximum Gasteiger partial charge on any atom is 0.326 e. The number of carbonyl (C=O) groups is 2. The van der Waals surface area contributed by atoms with Gasteiger partial charge in [-0.25, -0.2) is 9.59 Å². The third-order valence-corrected chi connectivity index (χ3v) is 2.44. The van der Waals surface area contributed by atoms with E-state index in [4.69, 9.17) is 14.9 Å². The molecular weight excluding hydrogens is 252 g/mol. The number of ether oxygens (including phenoxy) is 1. The molecule has 0 aliphatic heterocycles. The van der Waals surface area contributed by atoms with Crippen LogP contribution in [0.25, 0.3) is 0 Å². The lowest BCUT2D eigenvalue weighted by molar-refractivity contribution is -0.139. The van der Waals surface area contributed by atoms with E-state index >= 15 is 0 Å². The Balaban J connectivity index is 4.41. The first-order valence-electron chi connectivity index (χ1n) is 6.05. The summed E-state index contributed by atoms with van der Waals surface area (Å²) in [7, 11) is 1.53. The summed E-state index contributed by atoms with van der Waals surface area (Å²) in [5.41, 5.74) is 0. The standard InChI is InChI=1S/C12H22N2O5/c1-3-6-14(7-8-15)12(18)13-10(11(16)17)5-4-9-19-2/h3,10,15H,1,4-9H2,2H3,(H,13,18)(H,16,17). The van der Waals surface area contributed by atoms with E-state index in [9.17, 15) is 9.59 Å². The van der Waals surface area contributed by atoms with Crippen LogP contribution in [0, 0.1) is 0 Å². The normalized spacial score (nSPS) is 11.7. The van der Waals surface area contributed by atoms with Gasteiger partial charge in [-0.15, -0.1) is 6.58 Å². The number of carboxylic acid groups (broad SMARTS) is 1. The second kappa shape index (κ2) is 10.3. The van der Waals surface area contributed by atoms with Crippen molar-refractivity contribution in [1.82, 2.24) is 10.2 Å². The SMILES string of the molecule is C=CCN(CCO)C(=O)NC(CCCOC)C(=O)O. The molecule has 2 amide bonds. The average Bonchev–Trinajstić information content (AvgIpc) is 2.37. The third kappa shape index (κ3) is 7.43. The zero-order valence-electron chi connectivity index (χ0n) is 11.2. The van der Waals surface area contributed by atoms with Crippen molar-refractivity contribution in [2.24, 2.45) is 0 Å². The predicted octanol–water partition coefficient (Wildman–Crippen LogP) is 0.0561. The number of hydrogen-bond acceptors (Lipinski definition) is 4. The minimum atomic E-state index is -1.09. The van der Waals surface area contributed by atoms with Crippen LogP contribution in [0.4, 0.5) is 4.79 Å². The second-order valence-corrected chi connectivity index (χ2v) is 3.93. The number of methoxy groups -OCH3 is 1. The summed E-state index contributed by atoms with van der Waals surface area (Å²) in [6.07, 6.45) is 2.33. The van der Waals surface area contributed by atoms with Gasteiger partial charge in [-0.2, -0.15) is 0 Å². The minimum Gasteiger partial charge on any atom is -0.480 e. The van der Waals surface area contributed by atoms with Crippen LogP contribution in [0.5, 0.6) is 0 Å². The largest absolute Gasteiger partial charge is 0.480 e. The van der Waals surface area contributed by atoms with Crippen molar-refractivity contribution in [3.05, 3.63) is 12.7 Å². The lowest BCUT2D eigenvalue weighted by atomic mass is 10.1. The van der Waals surface area contributed by atoms with Crippen LogP contribution in [0.3, 0.4) is 0 Å². The van der Waals surface area contributed by atoms with E-state index in [0.29, 0.717) is 13.0 Å². The Hall–Kier alpha value is -1.60. The molecule has 1 atom stereocenters. The molecule has 0 aliphatic rings. The van der Waals surface area contributed by atoms with Gasteiger partial charge in [0.05, 0.1) is 6.61 Å². The summed E-state index contributed by atoms with van der Waals surface area (Å²) < 4.78 is 4.84. The molecule has 0 radical (unpaired) electrons. The molecule has 0 saturated carbocycles. The number of nitrogens with one attached hydrogen (secondary N) is 1. The fourth-order valence-electron chi connectivity index (χ4n) is 1.48. The van der Waals surface area contributed by atoms with Crippen LogP contribution in [0.1, 0.15) is 12.8 Å². The van der Waals surface area contributed by atoms with Crippen molar-refractivity contribution in [1.29, 1.82) is 0 Å². The van der Waals surface area contributed by atoms with Crippen LogP contribution in [0.2, 0.25) is 0 Å². The molecule has 0 aromatic rings. The number of aliphatic carboxylic acids is 1. The fourth-order valence-corrected chi connectivity index (χ4v) is 1.48. The summed E-state index contributed by atoms with van der Waals surface area (Å²) in [5, 5.41) is 20.3. The molecule has 7 heteroatoms. The van der Waals surface area contributed by atoms with E-state index in [2.05, 4.69) is 11.9 Å². The van der Waals surface area contributed by atoms with Crippen molar-refractivity contribution in [3.63, 3.8) is 0 Å². The first-order valence-corrected chi connectivity index (χ1v) is 6.05. The number of urea groups is 1. The quantitative estimate of drug-likeness (QED) is 0.386. The minimum absolute atomic E-state index is 0.127. The third-order valence-electron chi connectivity index (χ3n) is 2.44. The van der Waals surface area contributed by atoms with E-state index in [1.807, 2.05) is 0 Å². The molecule has 110 valence electrons. The van der Waals surface area contributed by atoms with E-state index in [1.54, 1.807) is 0 Å². The van der Waals surface area contributed by atoms with E-state index in [-0.39, 0.29) is 26.1 Å². The highest BCUT2D eigenvalue weighted by Gasteiger charge is 2.22. The number of amides is 2. The lowest BCUT2D eigenvalue weighted by Gasteiger charge is -2.23. The molecule has 19 heavy (non-hydrogen) atoms. The van der Waals surface area contributed by atoms with Gasteiger partial charge in [-0.1, -0.05) is 6.08 Å². The number of aliphatic hydroxyl groups excluding tert-OH is 1. The molecule has 0 rings (SSSR count). The zero-order valence-corrected chi connectivity index (χ0v) is 11.2. The van der Waals surface area contributed by atoms with Gasteiger partial charge in [-0.05, 0) is 12.8 Å². The molecule has 0 aromatic heterocycles. The smallest absolute Gasteiger partial charge is 0.326 e. The highest BCUT2D eigenvalue weighted by molar-refractivity contribution is 5.82. The highest BCUT2D eigenvalue weighted by Crippen LogP contribution is 2.00. The van der Waals surface area contributed by atoms with Gasteiger partial charge in [0.1, 0.15) is 6.04 Å². The molecule has 0 saturated heterocycles. The Labute approximate surface area is 112 Å². The van der Waals surface area contributed by atoms with Gasteiger partial charge in [0.25, 0.3) is 0 Å². The summed E-state index contributed by atoms with van der Waals surface area (Å²) >= 11 is 0. The van der Waals surface area contributed by atoms with Crippen molar-refractivity contribution in [3.8, 4) is 0 Å². The number of carbonyl (C=O) groups excluding carboxylic acids is 1. The van der Waals surface area contributed by atoms with Crippen molar-refractivity contribution >= 4 is 12.0 Å². The molecule has 0 aliphatic carbocycles. The molecule has 7 nitrogen and oxygen atoms in total. The first kappa shape index (κ1) is 17.4. The molecule has 3 N–H and O–H groups in total. The van der Waals surface area contributed by atoms with Crippen molar-refractivity contribution < 1.29 is 24.5 Å². The maximum atomic E-state index is 11.8. The fraction of sp³-hybridized carbons (Fsp3) is 0.667. The predicted molar refractivity (Wildman–Crippen MR) is 69.9 cm³/mol. The monoisotopic (exact) mass is 274 g/mol. The Morgan fingerprint density at radius 2 is 2.21 bits per heavy atom. The van der Waals surface area contributed by atoms with Crippen LogP contribution in [-0.2, 0) is 9.53 Å². The maximum absolute atomic E-state index is 11.8. The summed E-state index contributed by atoms with van der Waals surface area (Å²) in [6, 6.07) is -1.49. The second-order valence-electron chi connectivity index (χ2n) is 3.93. The Kier molecular flexibility index (Phi) is 9.46. The Bertz CT molecular complexity index is 296. The summed E-state index contributed by atoms with van der Waals surface area (Å²) in [6.45, 7) is 4.12. The van der Waals surface area contributed by atoms with Crippen molar-refractivity contribution in [2.75, 3.05) is 33.4 Å². The van der Waals surface area contributed by atoms with Crippen LogP contribution >= 0.6 is 0 Å². The zero-order chi connectivity index (χ0) is 14.7. The van der Waals surface area contributed by atoms with Gasteiger partial charge < -0.3 is 25.2 Å². The number of rotatable bonds is 10. The molecule has 0 heterocycles. The Morgan fingerprint density at radius 3 is 2.68 bits per heavy atom. The Morgan fingerprint density at radius 1 is 1.53 bits per heavy atom. The number of hydrogen-bond donors (Lipinski definition) is 3. The molecular formula is C12H22N2O5. The summed E-state index contributed by atoms with van der Waals surface area (Å²) in [5.74, 6) is -1.09. The van der Waals surface area contributed by atoms with E-state index in [1.165, 1.54) is 18.1 Å². The molecule has 1 unspecified atom stereocenters. The van der Waals surface area contributed by atoms with Gasteiger partial charge >= 0.3 is 12.0 Å². The molecule has 0 fully saturated rings. The van der Waals surface area contributed by atoms with Crippen LogP contribution in [0.15, 0.2) is 12.7 Å². The molecule has 0 bridgehead atoms. The highest BCUT2D eigenvalue weighted by atomic mass is 16.5. The number of carboxylic acids is 1. The van der Waals surface area contributed by atoms with E-state index < -0.39 is 18.0 Å². The van der Waals surface area contributed by atoms with Gasteiger partial charge in [0.2, 0.25) is 0 Å². The number of nitrogens with zero attached hydrogens (tertiary/aromatic N) is 1. The van der Waals surface area contributed by atoms with E-state index in [0.717, 1.165) is 0 Å². The van der Waals surface area contributed by atoms with Gasteiger partial charge in [0, 0.05) is 26.8 Å². The molecule has 0 aromatic carbocycles. The van der Waals surface area contributed by atoms with Crippen LogP contribution in [-0.4, -0.2) is 66.6 Å². The van der Waals surface area contributed by atoms with Crippen LogP contribution < -0.4 is 5.32 Å². The number of aliphatic hydroxyl groups is 1.